The van der Waals surface area contributed by atoms with E-state index in [4.69, 9.17) is 18.9 Å². The fourth-order valence-electron chi connectivity index (χ4n) is 2.67. The van der Waals surface area contributed by atoms with Crippen LogP contribution in [0.4, 0.5) is 0 Å². The SMILES string of the molecule is CCO[C@@H](Cc1ccc(OC/C=C\C#Cc2cc(OC)cc(OC)c2)c(Br)c1)C(=O)O. The third kappa shape index (κ3) is 8.00. The van der Waals surface area contributed by atoms with Gasteiger partial charge in [-0.1, -0.05) is 17.9 Å². The first-order chi connectivity index (χ1) is 15.0. The van der Waals surface area contributed by atoms with Crippen molar-refractivity contribution >= 4 is 21.9 Å². The molecule has 2 rings (SSSR count). The summed E-state index contributed by atoms with van der Waals surface area (Å²) >= 11 is 3.46. The third-order valence-electron chi connectivity index (χ3n) is 4.16. The molecule has 0 amide bonds. The number of hydrogen-bond donors (Lipinski definition) is 1. The van der Waals surface area contributed by atoms with Crippen LogP contribution in [0.25, 0.3) is 0 Å². The van der Waals surface area contributed by atoms with Gasteiger partial charge in [-0.05, 0) is 64.8 Å². The lowest BCUT2D eigenvalue weighted by Crippen LogP contribution is -2.26. The molecule has 0 bridgehead atoms. The molecule has 0 fully saturated rings. The van der Waals surface area contributed by atoms with Crippen molar-refractivity contribution in [1.29, 1.82) is 0 Å². The second-order valence-electron chi connectivity index (χ2n) is 6.34. The molecule has 6 nitrogen and oxygen atoms in total. The van der Waals surface area contributed by atoms with Crippen molar-refractivity contribution in [3.05, 3.63) is 64.1 Å². The molecular weight excluding hydrogens is 464 g/mol. The smallest absolute Gasteiger partial charge is 0.333 e. The molecule has 7 heteroatoms. The van der Waals surface area contributed by atoms with Crippen LogP contribution < -0.4 is 14.2 Å². The summed E-state index contributed by atoms with van der Waals surface area (Å²) in [5, 5.41) is 9.21. The number of aliphatic carboxylic acids is 1. The number of carboxylic acids is 1. The van der Waals surface area contributed by atoms with Crippen LogP contribution in [0.5, 0.6) is 17.2 Å². The number of rotatable bonds is 10. The monoisotopic (exact) mass is 488 g/mol. The van der Waals surface area contributed by atoms with E-state index in [2.05, 4.69) is 27.8 Å². The maximum Gasteiger partial charge on any atom is 0.333 e. The highest BCUT2D eigenvalue weighted by Gasteiger charge is 2.18. The Morgan fingerprint density at radius 3 is 2.45 bits per heavy atom. The van der Waals surface area contributed by atoms with Crippen molar-refractivity contribution < 1.29 is 28.8 Å². The first-order valence-electron chi connectivity index (χ1n) is 9.62. The van der Waals surface area contributed by atoms with E-state index in [1.807, 2.05) is 24.3 Å². The molecule has 2 aromatic carbocycles. The normalized spacial score (nSPS) is 11.5. The van der Waals surface area contributed by atoms with Crippen LogP contribution in [0, 0.1) is 11.8 Å². The maximum atomic E-state index is 11.2. The maximum absolute atomic E-state index is 11.2. The summed E-state index contributed by atoms with van der Waals surface area (Å²) in [6, 6.07) is 10.9. The molecule has 0 aliphatic heterocycles. The lowest BCUT2D eigenvalue weighted by Gasteiger charge is -2.13. The van der Waals surface area contributed by atoms with E-state index in [1.165, 1.54) is 0 Å². The zero-order chi connectivity index (χ0) is 22.6. The van der Waals surface area contributed by atoms with E-state index in [0.717, 1.165) is 15.6 Å². The molecule has 1 N–H and O–H groups in total. The molecule has 0 saturated carbocycles. The van der Waals surface area contributed by atoms with Gasteiger partial charge in [0.05, 0.1) is 18.7 Å². The van der Waals surface area contributed by atoms with Gasteiger partial charge >= 0.3 is 5.97 Å². The van der Waals surface area contributed by atoms with Gasteiger partial charge in [-0.25, -0.2) is 4.79 Å². The zero-order valence-electron chi connectivity index (χ0n) is 17.7. The molecule has 0 spiro atoms. The molecule has 0 heterocycles. The van der Waals surface area contributed by atoms with E-state index in [9.17, 15) is 9.90 Å². The average molecular weight is 489 g/mol. The standard InChI is InChI=1S/C24H25BrO6/c1-4-30-23(24(26)27)15-18-9-10-22(21(25)14-18)31-11-7-5-6-8-17-12-19(28-2)16-20(13-17)29-3/h5,7,9-10,12-14,16,23H,4,11,15H2,1-3H3,(H,26,27)/b7-5-/t23-/m0/s1. The predicted molar refractivity (Wildman–Crippen MR) is 122 cm³/mol. The second kappa shape index (κ2) is 12.7. The van der Waals surface area contributed by atoms with Gasteiger partial charge in [0.15, 0.2) is 6.10 Å². The number of carbonyl (C=O) groups is 1. The van der Waals surface area contributed by atoms with E-state index in [0.29, 0.717) is 30.5 Å². The molecule has 0 aliphatic rings. The molecular formula is C24H25BrO6. The first kappa shape index (κ1) is 24.3. The molecule has 0 unspecified atom stereocenters. The second-order valence-corrected chi connectivity index (χ2v) is 7.19. The van der Waals surface area contributed by atoms with Crippen LogP contribution in [0.2, 0.25) is 0 Å². The lowest BCUT2D eigenvalue weighted by molar-refractivity contribution is -0.149. The third-order valence-corrected chi connectivity index (χ3v) is 4.78. The van der Waals surface area contributed by atoms with E-state index in [1.54, 1.807) is 45.4 Å². The summed E-state index contributed by atoms with van der Waals surface area (Å²) in [4.78, 5) is 11.2. The largest absolute Gasteiger partial charge is 0.497 e. The lowest BCUT2D eigenvalue weighted by atomic mass is 10.1. The van der Waals surface area contributed by atoms with Gasteiger partial charge in [0.25, 0.3) is 0 Å². The summed E-state index contributed by atoms with van der Waals surface area (Å²) in [7, 11) is 3.19. The summed E-state index contributed by atoms with van der Waals surface area (Å²) in [5.74, 6) is 7.02. The van der Waals surface area contributed by atoms with Gasteiger partial charge in [0.2, 0.25) is 0 Å². The van der Waals surface area contributed by atoms with Gasteiger partial charge in [-0.3, -0.25) is 0 Å². The molecule has 2 aromatic rings. The Kier molecular flexibility index (Phi) is 9.95. The minimum Gasteiger partial charge on any atom is -0.497 e. The fourth-order valence-corrected chi connectivity index (χ4v) is 3.21. The van der Waals surface area contributed by atoms with Crippen molar-refractivity contribution in [2.45, 2.75) is 19.4 Å². The number of methoxy groups -OCH3 is 2. The Morgan fingerprint density at radius 1 is 1.16 bits per heavy atom. The minimum absolute atomic E-state index is 0.284. The first-order valence-corrected chi connectivity index (χ1v) is 10.4. The van der Waals surface area contributed by atoms with Crippen molar-refractivity contribution in [3.8, 4) is 29.1 Å². The number of halogens is 1. The van der Waals surface area contributed by atoms with Gasteiger partial charge < -0.3 is 24.1 Å². The van der Waals surface area contributed by atoms with Crippen molar-refractivity contribution in [2.24, 2.45) is 0 Å². The molecule has 164 valence electrons. The van der Waals surface area contributed by atoms with E-state index < -0.39 is 12.1 Å². The Morgan fingerprint density at radius 2 is 1.87 bits per heavy atom. The average Bonchev–Trinajstić information content (AvgIpc) is 2.76. The Labute approximate surface area is 190 Å². The van der Waals surface area contributed by atoms with Crippen molar-refractivity contribution in [3.63, 3.8) is 0 Å². The van der Waals surface area contributed by atoms with Crippen LogP contribution in [-0.2, 0) is 16.0 Å². The number of allylic oxidation sites excluding steroid dienone is 1. The number of hydrogen-bond acceptors (Lipinski definition) is 5. The summed E-state index contributed by atoms with van der Waals surface area (Å²) < 4.78 is 22.2. The number of carboxylic acid groups (broad SMARTS) is 1. The highest BCUT2D eigenvalue weighted by Crippen LogP contribution is 2.27. The molecule has 0 aliphatic carbocycles. The molecule has 31 heavy (non-hydrogen) atoms. The van der Waals surface area contributed by atoms with E-state index in [-0.39, 0.29) is 6.42 Å². The summed E-state index contributed by atoms with van der Waals surface area (Å²) in [6.45, 7) is 2.46. The predicted octanol–water partition coefficient (Wildman–Crippen LogP) is 4.49. The van der Waals surface area contributed by atoms with Gasteiger partial charge in [-0.15, -0.1) is 0 Å². The van der Waals surface area contributed by atoms with Gasteiger partial charge in [0.1, 0.15) is 23.9 Å². The van der Waals surface area contributed by atoms with Gasteiger partial charge in [0, 0.05) is 24.7 Å². The molecule has 0 radical (unpaired) electrons. The minimum atomic E-state index is -0.975. The number of ether oxygens (including phenoxy) is 4. The number of benzene rings is 2. The van der Waals surface area contributed by atoms with Crippen LogP contribution in [-0.4, -0.2) is 44.6 Å². The van der Waals surface area contributed by atoms with Crippen molar-refractivity contribution in [1.82, 2.24) is 0 Å². The highest BCUT2D eigenvalue weighted by atomic mass is 79.9. The quantitative estimate of drug-likeness (QED) is 0.496. The van der Waals surface area contributed by atoms with Crippen LogP contribution in [0.15, 0.2) is 53.0 Å². The van der Waals surface area contributed by atoms with E-state index >= 15 is 0 Å². The molecule has 0 aromatic heterocycles. The topological polar surface area (TPSA) is 74.2 Å². The zero-order valence-corrected chi connectivity index (χ0v) is 19.3. The Balaban J connectivity index is 1.92. The van der Waals surface area contributed by atoms with Crippen LogP contribution in [0.1, 0.15) is 18.1 Å². The highest BCUT2D eigenvalue weighted by molar-refractivity contribution is 9.10. The Hall–Kier alpha value is -2.95. The summed E-state index contributed by atoms with van der Waals surface area (Å²) in [6.07, 6.45) is 2.94. The van der Waals surface area contributed by atoms with Crippen molar-refractivity contribution in [2.75, 3.05) is 27.4 Å². The summed E-state index contributed by atoms with van der Waals surface area (Å²) in [5.41, 5.74) is 1.63. The van der Waals surface area contributed by atoms with Crippen LogP contribution in [0.3, 0.4) is 0 Å². The van der Waals surface area contributed by atoms with Crippen LogP contribution >= 0.6 is 15.9 Å². The molecule has 0 saturated heterocycles. The molecule has 1 atom stereocenters. The Bertz CT molecular complexity index is 952. The van der Waals surface area contributed by atoms with Gasteiger partial charge in [-0.2, -0.15) is 0 Å². The fraction of sp³-hybridized carbons (Fsp3) is 0.292.